The maximum atomic E-state index is 12.0. The lowest BCUT2D eigenvalue weighted by Gasteiger charge is -2.28. The molecule has 0 radical (unpaired) electrons. The average Bonchev–Trinajstić information content (AvgIpc) is 2.78. The summed E-state index contributed by atoms with van der Waals surface area (Å²) in [5.74, 6) is 0.923. The van der Waals surface area contributed by atoms with Crippen molar-refractivity contribution in [3.63, 3.8) is 0 Å². The summed E-state index contributed by atoms with van der Waals surface area (Å²) in [4.78, 5) is 16.3. The quantitative estimate of drug-likeness (QED) is 0.750. The average molecular weight is 225 g/mol. The summed E-state index contributed by atoms with van der Waals surface area (Å²) in [5, 5.41) is 0. The van der Waals surface area contributed by atoms with Crippen LogP contribution in [0.15, 0.2) is 0 Å². The number of nitrogens with two attached hydrogens (primary N) is 1. The van der Waals surface area contributed by atoms with E-state index < -0.39 is 0 Å². The second kappa shape index (κ2) is 5.64. The number of carbonyl (C=O) groups excluding carboxylic acids is 1. The molecule has 16 heavy (non-hydrogen) atoms. The van der Waals surface area contributed by atoms with E-state index >= 15 is 0 Å². The van der Waals surface area contributed by atoms with Crippen molar-refractivity contribution in [2.24, 2.45) is 11.7 Å². The molecule has 1 amide bonds. The maximum Gasteiger partial charge on any atom is 0.236 e. The summed E-state index contributed by atoms with van der Waals surface area (Å²) >= 11 is 0. The van der Waals surface area contributed by atoms with Crippen LogP contribution in [0.5, 0.6) is 0 Å². The Morgan fingerprint density at radius 1 is 1.19 bits per heavy atom. The largest absolute Gasteiger partial charge is 0.342 e. The number of amides is 1. The van der Waals surface area contributed by atoms with Gasteiger partial charge in [0.25, 0.3) is 0 Å². The van der Waals surface area contributed by atoms with Gasteiger partial charge in [0.15, 0.2) is 0 Å². The van der Waals surface area contributed by atoms with E-state index in [1.165, 1.54) is 19.3 Å². The van der Waals surface area contributed by atoms with Crippen LogP contribution in [0.2, 0.25) is 0 Å². The second-order valence-corrected chi connectivity index (χ2v) is 5.07. The number of likely N-dealkylation sites (tertiary alicyclic amines) is 2. The highest BCUT2D eigenvalue weighted by molar-refractivity contribution is 5.78. The van der Waals surface area contributed by atoms with Crippen LogP contribution in [0.3, 0.4) is 0 Å². The van der Waals surface area contributed by atoms with Crippen molar-refractivity contribution in [1.29, 1.82) is 0 Å². The van der Waals surface area contributed by atoms with E-state index in [2.05, 4.69) is 4.90 Å². The van der Waals surface area contributed by atoms with Crippen LogP contribution in [0.1, 0.15) is 25.7 Å². The van der Waals surface area contributed by atoms with Gasteiger partial charge in [-0.25, -0.2) is 0 Å². The molecule has 0 aromatic carbocycles. The molecule has 2 N–H and O–H groups in total. The van der Waals surface area contributed by atoms with Crippen molar-refractivity contribution in [2.45, 2.75) is 25.7 Å². The molecule has 0 aromatic heterocycles. The SMILES string of the molecule is NCC1CCN(CC(=O)N2CCCCC2)C1. The zero-order valence-corrected chi connectivity index (χ0v) is 10.0. The van der Waals surface area contributed by atoms with Gasteiger partial charge in [-0.3, -0.25) is 9.69 Å². The van der Waals surface area contributed by atoms with E-state index in [1.807, 2.05) is 4.90 Å². The van der Waals surface area contributed by atoms with Crippen LogP contribution in [-0.2, 0) is 4.79 Å². The number of piperidine rings is 1. The number of hydrogen-bond acceptors (Lipinski definition) is 3. The molecule has 2 aliphatic rings. The normalized spacial score (nSPS) is 27.3. The monoisotopic (exact) mass is 225 g/mol. The highest BCUT2D eigenvalue weighted by Gasteiger charge is 2.25. The Balaban J connectivity index is 1.74. The highest BCUT2D eigenvalue weighted by Crippen LogP contribution is 2.15. The van der Waals surface area contributed by atoms with E-state index in [1.54, 1.807) is 0 Å². The van der Waals surface area contributed by atoms with Gasteiger partial charge in [0.05, 0.1) is 6.54 Å². The Bertz CT molecular complexity index is 238. The number of carbonyl (C=O) groups is 1. The van der Waals surface area contributed by atoms with Crippen molar-refractivity contribution >= 4 is 5.91 Å². The van der Waals surface area contributed by atoms with Crippen LogP contribution in [0.25, 0.3) is 0 Å². The van der Waals surface area contributed by atoms with Gasteiger partial charge >= 0.3 is 0 Å². The van der Waals surface area contributed by atoms with Gasteiger partial charge in [0, 0.05) is 19.6 Å². The molecule has 1 atom stereocenters. The minimum Gasteiger partial charge on any atom is -0.342 e. The number of nitrogens with zero attached hydrogens (tertiary/aromatic N) is 2. The summed E-state index contributed by atoms with van der Waals surface area (Å²) in [6, 6.07) is 0. The molecule has 0 bridgehead atoms. The third-order valence-electron chi connectivity index (χ3n) is 3.77. The van der Waals surface area contributed by atoms with E-state index in [4.69, 9.17) is 5.73 Å². The molecule has 92 valence electrons. The molecule has 0 saturated carbocycles. The van der Waals surface area contributed by atoms with Crippen molar-refractivity contribution < 1.29 is 4.79 Å². The first-order chi connectivity index (χ1) is 7.79. The number of hydrogen-bond donors (Lipinski definition) is 1. The molecule has 4 nitrogen and oxygen atoms in total. The lowest BCUT2D eigenvalue weighted by molar-refractivity contribution is -0.133. The molecule has 2 saturated heterocycles. The van der Waals surface area contributed by atoms with Gasteiger partial charge in [-0.2, -0.15) is 0 Å². The van der Waals surface area contributed by atoms with Gasteiger partial charge in [-0.1, -0.05) is 0 Å². The van der Waals surface area contributed by atoms with Crippen LogP contribution >= 0.6 is 0 Å². The summed E-state index contributed by atoms with van der Waals surface area (Å²) in [6.45, 7) is 5.35. The van der Waals surface area contributed by atoms with Gasteiger partial charge < -0.3 is 10.6 Å². The molecule has 2 heterocycles. The fourth-order valence-electron chi connectivity index (χ4n) is 2.68. The van der Waals surface area contributed by atoms with Crippen LogP contribution < -0.4 is 5.73 Å². The zero-order valence-electron chi connectivity index (χ0n) is 10.0. The third kappa shape index (κ3) is 2.95. The fourth-order valence-corrected chi connectivity index (χ4v) is 2.68. The standard InChI is InChI=1S/C12H23N3O/c13-8-11-4-7-14(9-11)10-12(16)15-5-2-1-3-6-15/h11H,1-10,13H2. The molecule has 0 aliphatic carbocycles. The molecule has 4 heteroatoms. The Morgan fingerprint density at radius 3 is 2.56 bits per heavy atom. The highest BCUT2D eigenvalue weighted by atomic mass is 16.2. The molecular weight excluding hydrogens is 202 g/mol. The number of rotatable bonds is 3. The van der Waals surface area contributed by atoms with Crippen molar-refractivity contribution in [3.8, 4) is 0 Å². The fraction of sp³-hybridized carbons (Fsp3) is 0.917. The molecule has 2 aliphatic heterocycles. The minimum atomic E-state index is 0.317. The van der Waals surface area contributed by atoms with E-state index in [0.717, 1.165) is 39.1 Å². The first-order valence-corrected chi connectivity index (χ1v) is 6.50. The lowest BCUT2D eigenvalue weighted by atomic mass is 10.1. The molecule has 0 spiro atoms. The predicted octanol–water partition coefficient (Wildman–Crippen LogP) is 0.279. The molecule has 2 rings (SSSR count). The smallest absolute Gasteiger partial charge is 0.236 e. The van der Waals surface area contributed by atoms with Crippen molar-refractivity contribution in [3.05, 3.63) is 0 Å². The van der Waals surface area contributed by atoms with E-state index in [0.29, 0.717) is 18.4 Å². The molecule has 2 fully saturated rings. The second-order valence-electron chi connectivity index (χ2n) is 5.07. The third-order valence-corrected chi connectivity index (χ3v) is 3.77. The van der Waals surface area contributed by atoms with Gasteiger partial charge in [0.1, 0.15) is 0 Å². The summed E-state index contributed by atoms with van der Waals surface area (Å²) < 4.78 is 0. The Labute approximate surface area is 97.8 Å². The zero-order chi connectivity index (χ0) is 11.4. The van der Waals surface area contributed by atoms with Gasteiger partial charge in [-0.05, 0) is 44.7 Å². The van der Waals surface area contributed by atoms with Crippen LogP contribution in [0.4, 0.5) is 0 Å². The van der Waals surface area contributed by atoms with Crippen LogP contribution in [-0.4, -0.2) is 55.0 Å². The Hall–Kier alpha value is -0.610. The minimum absolute atomic E-state index is 0.317. The predicted molar refractivity (Wildman–Crippen MR) is 64.0 cm³/mol. The van der Waals surface area contributed by atoms with Gasteiger partial charge in [0.2, 0.25) is 5.91 Å². The lowest BCUT2D eigenvalue weighted by Crippen LogP contribution is -2.42. The Kier molecular flexibility index (Phi) is 4.18. The Morgan fingerprint density at radius 2 is 1.94 bits per heavy atom. The first-order valence-electron chi connectivity index (χ1n) is 6.50. The van der Waals surface area contributed by atoms with E-state index in [-0.39, 0.29) is 0 Å². The first kappa shape index (κ1) is 11.9. The van der Waals surface area contributed by atoms with Crippen LogP contribution in [0, 0.1) is 5.92 Å². The summed E-state index contributed by atoms with van der Waals surface area (Å²) in [6.07, 6.45) is 4.79. The summed E-state index contributed by atoms with van der Waals surface area (Å²) in [5.41, 5.74) is 5.65. The summed E-state index contributed by atoms with van der Waals surface area (Å²) in [7, 11) is 0. The van der Waals surface area contributed by atoms with Crippen molar-refractivity contribution in [1.82, 2.24) is 9.80 Å². The molecule has 0 aromatic rings. The topological polar surface area (TPSA) is 49.6 Å². The maximum absolute atomic E-state index is 12.0. The molecule has 1 unspecified atom stereocenters. The molecular formula is C12H23N3O. The van der Waals surface area contributed by atoms with E-state index in [9.17, 15) is 4.79 Å². The van der Waals surface area contributed by atoms with Gasteiger partial charge in [-0.15, -0.1) is 0 Å². The van der Waals surface area contributed by atoms with Crippen molar-refractivity contribution in [2.75, 3.05) is 39.3 Å².